The average Bonchev–Trinajstić information content (AvgIpc) is 2.24. The first-order chi connectivity index (χ1) is 8.30. The second-order valence-electron chi connectivity index (χ2n) is 2.89. The molecule has 19 heavy (non-hydrogen) atoms. The molecule has 8 nitrogen and oxygen atoms in total. The highest BCUT2D eigenvalue weighted by molar-refractivity contribution is 6.46. The van der Waals surface area contributed by atoms with Crippen molar-refractivity contribution >= 4 is 23.2 Å². The van der Waals surface area contributed by atoms with Crippen LogP contribution >= 0.6 is 23.2 Å². The maximum Gasteiger partial charge on any atom is 0.534 e. The Morgan fingerprint density at radius 3 is 1.37 bits per heavy atom. The maximum atomic E-state index is 12.4. The summed E-state index contributed by atoms with van der Waals surface area (Å²) in [6.45, 7) is -3.98. The van der Waals surface area contributed by atoms with Gasteiger partial charge in [0.2, 0.25) is 0 Å². The van der Waals surface area contributed by atoms with Crippen LogP contribution in [-0.4, -0.2) is 39.9 Å². The molecule has 0 bridgehead atoms. The third-order valence-electron chi connectivity index (χ3n) is 1.36. The van der Waals surface area contributed by atoms with Crippen LogP contribution in [0.5, 0.6) is 0 Å². The molecule has 0 amide bonds. The van der Waals surface area contributed by atoms with Gasteiger partial charge in [0.25, 0.3) is 0 Å². The Kier molecular flexibility index (Phi) is 5.67. The highest BCUT2D eigenvalue weighted by atomic mass is 35.5. The fourth-order valence-electron chi connectivity index (χ4n) is 0.489. The molecule has 112 valence electrons. The molecule has 0 aliphatic rings. The molecule has 0 unspecified atom stereocenters. The van der Waals surface area contributed by atoms with Crippen LogP contribution in [0.15, 0.2) is 0 Å². The van der Waals surface area contributed by atoms with Gasteiger partial charge in [-0.2, -0.15) is 0 Å². The van der Waals surface area contributed by atoms with Crippen molar-refractivity contribution in [2.24, 2.45) is 0 Å². The monoisotopic (exact) mass is 334 g/mol. The van der Waals surface area contributed by atoms with Gasteiger partial charge in [0.05, 0.1) is 9.85 Å². The van der Waals surface area contributed by atoms with E-state index in [-0.39, 0.29) is 0 Å². The lowest BCUT2D eigenvalue weighted by molar-refractivity contribution is -0.652. The Morgan fingerprint density at radius 1 is 0.895 bits per heavy atom. The van der Waals surface area contributed by atoms with E-state index in [9.17, 15) is 37.8 Å². The van der Waals surface area contributed by atoms with Crippen molar-refractivity contribution < 1.29 is 36.9 Å². The smallest absolute Gasteiger partial charge is 0.310 e. The van der Waals surface area contributed by atoms with E-state index >= 15 is 0 Å². The molecule has 0 saturated heterocycles. The van der Waals surface area contributed by atoms with E-state index in [1.165, 1.54) is 0 Å². The van der Waals surface area contributed by atoms with Crippen molar-refractivity contribution in [1.29, 1.82) is 0 Å². The number of nitro groups is 2. The summed E-state index contributed by atoms with van der Waals surface area (Å²) in [5, 5.41) is 19.6. The molecule has 0 heterocycles. The Morgan fingerprint density at radius 2 is 1.16 bits per heavy atom. The molecule has 0 spiro atoms. The fraction of sp³-hybridized carbons (Fsp3) is 1.00. The lowest BCUT2D eigenvalue weighted by Crippen LogP contribution is -2.40. The molecule has 0 aromatic heterocycles. The number of hydrogen-bond donors (Lipinski definition) is 0. The summed E-state index contributed by atoms with van der Waals surface area (Å²) in [4.78, 5) is 15.5. The number of rotatable bonds is 8. The van der Waals surface area contributed by atoms with E-state index in [0.29, 0.717) is 0 Å². The number of ether oxygens (including phenoxy) is 2. The van der Waals surface area contributed by atoms with Crippen molar-refractivity contribution in [2.45, 2.75) is 16.8 Å². The molecular weight excluding hydrogens is 331 g/mol. The average molecular weight is 335 g/mol. The van der Waals surface area contributed by atoms with E-state index in [4.69, 9.17) is 23.2 Å². The van der Waals surface area contributed by atoms with Gasteiger partial charge in [-0.1, -0.05) is 0 Å². The minimum absolute atomic E-state index is 1.99. The van der Waals surface area contributed by atoms with Crippen LogP contribution in [0.2, 0.25) is 0 Å². The number of hydrogen-bond acceptors (Lipinski definition) is 6. The highest BCUT2D eigenvalue weighted by Crippen LogP contribution is 2.29. The second kappa shape index (κ2) is 5.98. The summed E-state index contributed by atoms with van der Waals surface area (Å²) >= 11 is 9.93. The van der Waals surface area contributed by atoms with Gasteiger partial charge in [-0.05, 0) is 23.2 Å². The zero-order valence-corrected chi connectivity index (χ0v) is 10.0. The van der Waals surface area contributed by atoms with Crippen molar-refractivity contribution in [1.82, 2.24) is 0 Å². The lowest BCUT2D eigenvalue weighted by Gasteiger charge is -2.21. The molecule has 0 aliphatic heterocycles. The van der Waals surface area contributed by atoms with E-state index in [1.54, 1.807) is 0 Å². The zero-order chi connectivity index (χ0) is 15.5. The van der Waals surface area contributed by atoms with Gasteiger partial charge in [-0.3, -0.25) is 20.2 Å². The normalized spacial score (nSPS) is 13.4. The van der Waals surface area contributed by atoms with Gasteiger partial charge in [0.1, 0.15) is 0 Å². The first-order valence-corrected chi connectivity index (χ1v) is 4.76. The Labute approximate surface area is 111 Å². The van der Waals surface area contributed by atoms with Crippen molar-refractivity contribution in [2.75, 3.05) is 13.2 Å². The second-order valence-corrected chi connectivity index (χ2v) is 4.08. The van der Waals surface area contributed by atoms with Crippen LogP contribution in [0.1, 0.15) is 0 Å². The molecule has 0 aromatic carbocycles. The number of halogens is 6. The molecule has 0 aromatic rings. The lowest BCUT2D eigenvalue weighted by atomic mass is 10.6. The predicted molar refractivity (Wildman–Crippen MR) is 50.2 cm³/mol. The summed E-state index contributed by atoms with van der Waals surface area (Å²) in [5.41, 5.74) is 0. The van der Waals surface area contributed by atoms with E-state index in [1.807, 2.05) is 0 Å². The van der Waals surface area contributed by atoms with E-state index in [2.05, 4.69) is 9.47 Å². The van der Waals surface area contributed by atoms with Gasteiger partial charge < -0.3 is 9.47 Å². The van der Waals surface area contributed by atoms with E-state index in [0.717, 1.165) is 0 Å². The highest BCUT2D eigenvalue weighted by Gasteiger charge is 2.50. The SMILES string of the molecule is O=[N+]([O-])C(F)(F)COC(Cl)(Cl)OCC(F)(F)[N+](=O)[O-]. The minimum atomic E-state index is -4.59. The van der Waals surface area contributed by atoms with Gasteiger partial charge in [-0.25, -0.2) is 0 Å². The molecular formula is C5H4Cl2F4N2O6. The van der Waals surface area contributed by atoms with Gasteiger partial charge in [0, 0.05) is 0 Å². The first kappa shape index (κ1) is 18.0. The molecule has 0 N–H and O–H groups in total. The quantitative estimate of drug-likeness (QED) is 0.167. The topological polar surface area (TPSA) is 105 Å². The summed E-state index contributed by atoms with van der Waals surface area (Å²) in [6, 6.07) is -9.19. The van der Waals surface area contributed by atoms with Gasteiger partial charge >= 0.3 is 16.8 Å². The first-order valence-electron chi connectivity index (χ1n) is 4.00. The molecule has 0 fully saturated rings. The molecule has 0 rings (SSSR count). The standard InChI is InChI=1S/C5H4Cl2F4N2O6/c6-5(7,18-1-3(8,9)12(14)15)19-2-4(10,11)13(16)17/h1-2H2. The van der Waals surface area contributed by atoms with Crippen LogP contribution in [0.4, 0.5) is 17.6 Å². The Bertz CT molecular complexity index is 336. The zero-order valence-electron chi connectivity index (χ0n) is 8.53. The van der Waals surface area contributed by atoms with Crippen molar-refractivity contribution in [3.63, 3.8) is 0 Å². The summed E-state index contributed by atoms with van der Waals surface area (Å²) in [6.07, 6.45) is 0. The number of nitrogens with zero attached hydrogens (tertiary/aromatic N) is 2. The third kappa shape index (κ3) is 6.13. The van der Waals surface area contributed by atoms with Crippen LogP contribution in [0, 0.1) is 20.2 Å². The van der Waals surface area contributed by atoms with E-state index < -0.39 is 39.9 Å². The summed E-state index contributed by atoms with van der Waals surface area (Å²) in [7, 11) is 0. The summed E-state index contributed by atoms with van der Waals surface area (Å²) in [5.74, 6) is 0. The largest absolute Gasteiger partial charge is 0.534 e. The van der Waals surface area contributed by atoms with Gasteiger partial charge in [0.15, 0.2) is 13.2 Å². The Hall–Kier alpha value is -0.980. The summed E-state index contributed by atoms with van der Waals surface area (Å²) < 4.78 is 54.1. The Balaban J connectivity index is 4.42. The molecule has 0 aliphatic carbocycles. The molecule has 0 atom stereocenters. The third-order valence-corrected chi connectivity index (χ3v) is 1.80. The molecule has 14 heteroatoms. The van der Waals surface area contributed by atoms with Gasteiger partial charge in [-0.15, -0.1) is 17.6 Å². The van der Waals surface area contributed by atoms with Crippen LogP contribution in [-0.2, 0) is 9.47 Å². The molecule has 0 saturated carbocycles. The van der Waals surface area contributed by atoms with Crippen LogP contribution in [0.25, 0.3) is 0 Å². The minimum Gasteiger partial charge on any atom is -0.310 e. The maximum absolute atomic E-state index is 12.4. The fourth-order valence-corrected chi connectivity index (χ4v) is 0.707. The predicted octanol–water partition coefficient (Wildman–Crippen LogP) is 1.85. The number of alkyl halides is 6. The molecule has 0 radical (unpaired) electrons. The van der Waals surface area contributed by atoms with Crippen molar-refractivity contribution in [3.05, 3.63) is 20.2 Å². The van der Waals surface area contributed by atoms with Crippen LogP contribution in [0.3, 0.4) is 0 Å². The van der Waals surface area contributed by atoms with Crippen molar-refractivity contribution in [3.8, 4) is 0 Å². The van der Waals surface area contributed by atoms with Crippen LogP contribution < -0.4 is 0 Å².